The number of unbranched alkanes of at least 4 members (excludes halogenated alkanes) is 13. The summed E-state index contributed by atoms with van der Waals surface area (Å²) in [5.74, 6) is -0.419. The number of halogens is 1. The molecule has 0 bridgehead atoms. The van der Waals surface area contributed by atoms with Crippen molar-refractivity contribution < 1.29 is 19.2 Å². The van der Waals surface area contributed by atoms with E-state index in [1.165, 1.54) is 76.7 Å². The average molecular weight is 470 g/mol. The van der Waals surface area contributed by atoms with Crippen LogP contribution >= 0.6 is 11.6 Å². The molecule has 0 fully saturated rings. The third-order valence-corrected chi connectivity index (χ3v) is 5.80. The van der Waals surface area contributed by atoms with E-state index in [-0.39, 0.29) is 28.6 Å². The Morgan fingerprint density at radius 2 is 1.38 bits per heavy atom. The van der Waals surface area contributed by atoms with Gasteiger partial charge in [0.05, 0.1) is 18.1 Å². The second-order valence-electron chi connectivity index (χ2n) is 8.22. The first-order chi connectivity index (χ1) is 15.5. The predicted octanol–water partition coefficient (Wildman–Crippen LogP) is 8.29. The van der Waals surface area contributed by atoms with Crippen LogP contribution in [-0.2, 0) is 4.74 Å². The second kappa shape index (κ2) is 17.7. The van der Waals surface area contributed by atoms with E-state index in [4.69, 9.17) is 21.1 Å². The number of esters is 1. The molecule has 6 nitrogen and oxygen atoms in total. The van der Waals surface area contributed by atoms with Crippen LogP contribution in [0.4, 0.5) is 5.69 Å². The molecule has 1 rings (SSSR count). The summed E-state index contributed by atoms with van der Waals surface area (Å²) in [4.78, 5) is 22.6. The molecule has 1 aromatic rings. The fraction of sp³-hybridized carbons (Fsp3) is 0.720. The lowest BCUT2D eigenvalue weighted by atomic mass is 10.0. The van der Waals surface area contributed by atoms with E-state index in [2.05, 4.69) is 6.92 Å². The van der Waals surface area contributed by atoms with Gasteiger partial charge < -0.3 is 9.47 Å². The molecule has 0 amide bonds. The lowest BCUT2D eigenvalue weighted by Gasteiger charge is -2.11. The molecule has 182 valence electrons. The van der Waals surface area contributed by atoms with Crippen molar-refractivity contribution in [1.82, 2.24) is 0 Å². The number of nitro benzene ring substituents is 1. The Kier molecular flexibility index (Phi) is 15.6. The highest BCUT2D eigenvalue weighted by Gasteiger charge is 2.22. The summed E-state index contributed by atoms with van der Waals surface area (Å²) >= 11 is 5.98. The van der Waals surface area contributed by atoms with E-state index in [0.717, 1.165) is 25.3 Å². The van der Waals surface area contributed by atoms with Gasteiger partial charge in [-0.1, -0.05) is 102 Å². The summed E-state index contributed by atoms with van der Waals surface area (Å²) in [6.07, 6.45) is 17.8. The summed E-state index contributed by atoms with van der Waals surface area (Å²) in [5, 5.41) is 11.0. The van der Waals surface area contributed by atoms with Gasteiger partial charge >= 0.3 is 5.97 Å². The SMILES string of the molecule is CCCCCCCCCCCCCCCCOc1cc(Cl)c([N+](=O)[O-])cc1C(=O)OCC. The fourth-order valence-electron chi connectivity index (χ4n) is 3.65. The molecule has 0 heterocycles. The zero-order valence-electron chi connectivity index (χ0n) is 19.8. The van der Waals surface area contributed by atoms with Gasteiger partial charge in [0.1, 0.15) is 16.3 Å². The summed E-state index contributed by atoms with van der Waals surface area (Å²) in [7, 11) is 0. The number of nitrogens with zero attached hydrogens (tertiary/aromatic N) is 1. The first-order valence-electron chi connectivity index (χ1n) is 12.3. The Morgan fingerprint density at radius 1 is 0.875 bits per heavy atom. The highest BCUT2D eigenvalue weighted by molar-refractivity contribution is 6.33. The lowest BCUT2D eigenvalue weighted by molar-refractivity contribution is -0.384. The number of rotatable bonds is 19. The quantitative estimate of drug-likeness (QED) is 0.0880. The first kappa shape index (κ1) is 28.2. The molecule has 0 atom stereocenters. The van der Waals surface area contributed by atoms with Crippen molar-refractivity contribution in [3.63, 3.8) is 0 Å². The van der Waals surface area contributed by atoms with Gasteiger partial charge in [-0.05, 0) is 13.3 Å². The first-order valence-corrected chi connectivity index (χ1v) is 12.7. The fourth-order valence-corrected chi connectivity index (χ4v) is 3.87. The summed E-state index contributed by atoms with van der Waals surface area (Å²) in [6, 6.07) is 2.45. The van der Waals surface area contributed by atoms with Gasteiger partial charge in [-0.15, -0.1) is 0 Å². The van der Waals surface area contributed by atoms with Crippen LogP contribution in [-0.4, -0.2) is 24.1 Å². The van der Waals surface area contributed by atoms with Crippen LogP contribution in [0.3, 0.4) is 0 Å². The topological polar surface area (TPSA) is 78.7 Å². The van der Waals surface area contributed by atoms with Gasteiger partial charge in [-0.2, -0.15) is 0 Å². The van der Waals surface area contributed by atoms with E-state index in [1.807, 2.05) is 0 Å². The molecule has 0 saturated carbocycles. The third-order valence-electron chi connectivity index (χ3n) is 5.50. The van der Waals surface area contributed by atoms with Gasteiger partial charge in [-0.25, -0.2) is 4.79 Å². The normalized spacial score (nSPS) is 10.8. The van der Waals surface area contributed by atoms with Gasteiger partial charge in [0.15, 0.2) is 0 Å². The number of nitro groups is 1. The van der Waals surface area contributed by atoms with Crippen molar-refractivity contribution in [3.05, 3.63) is 32.8 Å². The van der Waals surface area contributed by atoms with Crippen LogP contribution < -0.4 is 4.74 Å². The van der Waals surface area contributed by atoms with Crippen molar-refractivity contribution in [2.75, 3.05) is 13.2 Å². The number of hydrogen-bond donors (Lipinski definition) is 0. The maximum absolute atomic E-state index is 12.1. The lowest BCUT2D eigenvalue weighted by Crippen LogP contribution is -2.09. The molecule has 0 aliphatic carbocycles. The predicted molar refractivity (Wildman–Crippen MR) is 130 cm³/mol. The van der Waals surface area contributed by atoms with Crippen LogP contribution in [0.15, 0.2) is 12.1 Å². The van der Waals surface area contributed by atoms with Crippen LogP contribution in [0.5, 0.6) is 5.75 Å². The van der Waals surface area contributed by atoms with Crippen molar-refractivity contribution in [2.24, 2.45) is 0 Å². The van der Waals surface area contributed by atoms with E-state index in [9.17, 15) is 14.9 Å². The third kappa shape index (κ3) is 11.7. The molecule has 0 N–H and O–H groups in total. The number of carbonyl (C=O) groups excluding carboxylic acids is 1. The highest BCUT2D eigenvalue weighted by Crippen LogP contribution is 2.33. The Balaban J connectivity index is 2.21. The smallest absolute Gasteiger partial charge is 0.342 e. The molecule has 1 aromatic carbocycles. The van der Waals surface area contributed by atoms with Crippen molar-refractivity contribution >= 4 is 23.3 Å². The maximum Gasteiger partial charge on any atom is 0.342 e. The van der Waals surface area contributed by atoms with Crippen LogP contribution in [0, 0.1) is 10.1 Å². The standard InChI is InChI=1S/C25H40ClNO5/c1-3-5-6-7-8-9-10-11-12-13-14-15-16-17-18-32-24-20-22(26)23(27(29)30)19-21(24)25(28)31-4-2/h19-20H,3-18H2,1-2H3. The Morgan fingerprint density at radius 3 is 1.84 bits per heavy atom. The van der Waals surface area contributed by atoms with Crippen molar-refractivity contribution in [1.29, 1.82) is 0 Å². The Hall–Kier alpha value is -1.82. The molecule has 7 heteroatoms. The second-order valence-corrected chi connectivity index (χ2v) is 8.63. The Labute approximate surface area is 198 Å². The monoisotopic (exact) mass is 469 g/mol. The van der Waals surface area contributed by atoms with Crippen molar-refractivity contribution in [2.45, 2.75) is 104 Å². The number of hydrogen-bond acceptors (Lipinski definition) is 5. The van der Waals surface area contributed by atoms with E-state index in [1.54, 1.807) is 6.92 Å². The van der Waals surface area contributed by atoms with Gasteiger partial charge in [0.25, 0.3) is 5.69 Å². The van der Waals surface area contributed by atoms with Crippen LogP contribution in [0.25, 0.3) is 0 Å². The molecule has 0 aromatic heterocycles. The number of benzene rings is 1. The summed E-state index contributed by atoms with van der Waals surface area (Å²) in [6.45, 7) is 4.54. The number of ether oxygens (including phenoxy) is 2. The molecule has 0 unspecified atom stereocenters. The van der Waals surface area contributed by atoms with E-state index < -0.39 is 10.9 Å². The summed E-state index contributed by atoms with van der Waals surface area (Å²) < 4.78 is 10.7. The van der Waals surface area contributed by atoms with Crippen LogP contribution in [0.1, 0.15) is 114 Å². The Bertz CT molecular complexity index is 681. The van der Waals surface area contributed by atoms with Crippen molar-refractivity contribution in [3.8, 4) is 5.75 Å². The molecular weight excluding hydrogens is 430 g/mol. The molecule has 0 aliphatic rings. The average Bonchev–Trinajstić information content (AvgIpc) is 2.76. The zero-order valence-corrected chi connectivity index (χ0v) is 20.6. The maximum atomic E-state index is 12.1. The molecule has 0 saturated heterocycles. The number of carbonyl (C=O) groups is 1. The highest BCUT2D eigenvalue weighted by atomic mass is 35.5. The molecule has 0 aliphatic heterocycles. The van der Waals surface area contributed by atoms with Gasteiger partial charge in [0, 0.05) is 12.1 Å². The minimum absolute atomic E-state index is 0.0355. The minimum atomic E-state index is -0.650. The van der Waals surface area contributed by atoms with E-state index >= 15 is 0 Å². The summed E-state index contributed by atoms with van der Waals surface area (Å²) in [5.41, 5.74) is -0.299. The molecule has 32 heavy (non-hydrogen) atoms. The zero-order chi connectivity index (χ0) is 23.6. The van der Waals surface area contributed by atoms with Crippen LogP contribution in [0.2, 0.25) is 5.02 Å². The van der Waals surface area contributed by atoms with Gasteiger partial charge in [-0.3, -0.25) is 10.1 Å². The molecular formula is C25H40ClNO5. The molecule has 0 spiro atoms. The van der Waals surface area contributed by atoms with E-state index in [0.29, 0.717) is 6.61 Å². The minimum Gasteiger partial charge on any atom is -0.493 e. The largest absolute Gasteiger partial charge is 0.493 e. The van der Waals surface area contributed by atoms with Gasteiger partial charge in [0.2, 0.25) is 0 Å². The molecule has 0 radical (unpaired) electrons.